The van der Waals surface area contributed by atoms with Gasteiger partial charge in [-0.15, -0.1) is 0 Å². The summed E-state index contributed by atoms with van der Waals surface area (Å²) in [6.45, 7) is 5.69. The minimum Gasteiger partial charge on any atom is -0.492 e. The number of hydrogen-bond acceptors (Lipinski definition) is 6. The fourth-order valence-electron chi connectivity index (χ4n) is 3.00. The summed E-state index contributed by atoms with van der Waals surface area (Å²) in [6, 6.07) is 0.674. The van der Waals surface area contributed by atoms with Crippen LogP contribution in [-0.2, 0) is 14.8 Å². The van der Waals surface area contributed by atoms with E-state index in [1.165, 1.54) is 16.6 Å². The first-order chi connectivity index (χ1) is 10.9. The highest BCUT2D eigenvalue weighted by atomic mass is 79.9. The molecule has 2 atom stereocenters. The van der Waals surface area contributed by atoms with Crippen LogP contribution in [0.5, 0.6) is 5.88 Å². The molecule has 1 aliphatic heterocycles. The number of pyridine rings is 1. The highest BCUT2D eigenvalue weighted by Gasteiger charge is 2.49. The van der Waals surface area contributed by atoms with E-state index in [4.69, 9.17) is 10.5 Å². The summed E-state index contributed by atoms with van der Waals surface area (Å²) in [6.07, 6.45) is 0.0326. The number of rotatable bonds is 3. The number of sulfonamides is 1. The van der Waals surface area contributed by atoms with Crippen LogP contribution in [0.25, 0.3) is 0 Å². The smallest absolute Gasteiger partial charge is 0.404 e. The molecule has 0 radical (unpaired) electrons. The van der Waals surface area contributed by atoms with Crippen molar-refractivity contribution in [1.29, 1.82) is 0 Å². The number of halogens is 1. The van der Waals surface area contributed by atoms with Crippen molar-refractivity contribution < 1.29 is 23.1 Å². The number of ether oxygens (including phenoxy) is 1. The molecular formula is C14H20BrN3O5S. The van der Waals surface area contributed by atoms with Crippen molar-refractivity contribution in [3.63, 3.8) is 0 Å². The summed E-state index contributed by atoms with van der Waals surface area (Å²) < 4.78 is 32.8. The summed E-state index contributed by atoms with van der Waals surface area (Å²) in [5, 5.41) is 9.89. The van der Waals surface area contributed by atoms with Gasteiger partial charge < -0.3 is 15.6 Å². The monoisotopic (exact) mass is 421 g/mol. The number of nitrogens with two attached hydrogens (primary N) is 1. The molecule has 1 fully saturated rings. The van der Waals surface area contributed by atoms with Crippen molar-refractivity contribution in [2.24, 2.45) is 11.1 Å². The molecule has 1 saturated heterocycles. The number of aromatic hydroxyl groups is 1. The Hall–Kier alpha value is -1.39. The van der Waals surface area contributed by atoms with Crippen LogP contribution in [0.4, 0.5) is 4.79 Å². The fourth-order valence-corrected chi connectivity index (χ4v) is 5.39. The van der Waals surface area contributed by atoms with Gasteiger partial charge in [0.2, 0.25) is 15.9 Å². The first-order valence-electron chi connectivity index (χ1n) is 7.27. The lowest BCUT2D eigenvalue weighted by molar-refractivity contribution is 0.0529. The lowest BCUT2D eigenvalue weighted by Crippen LogP contribution is -2.49. The third kappa shape index (κ3) is 3.65. The third-order valence-electron chi connectivity index (χ3n) is 3.84. The molecule has 3 N–H and O–H groups in total. The molecule has 1 aliphatic rings. The van der Waals surface area contributed by atoms with Crippen molar-refractivity contribution in [2.75, 3.05) is 6.54 Å². The molecule has 2 heterocycles. The van der Waals surface area contributed by atoms with Gasteiger partial charge in [0.15, 0.2) is 0 Å². The molecule has 1 unspecified atom stereocenters. The van der Waals surface area contributed by atoms with E-state index in [1.54, 1.807) is 0 Å². The fraction of sp³-hybridized carbons (Fsp3) is 0.571. The van der Waals surface area contributed by atoms with E-state index in [0.717, 1.165) is 0 Å². The van der Waals surface area contributed by atoms with Crippen molar-refractivity contribution >= 4 is 32.0 Å². The van der Waals surface area contributed by atoms with Crippen LogP contribution in [0.15, 0.2) is 21.6 Å². The standard InChI is InChI=1S/C14H20BrN3O5S/c1-14(2,3)11-9(23-13(16)20)4-5-18(11)24(21,22)10-6-8(15)7-17-12(10)19/h6-7,9,11H,4-5H2,1-3H3,(H2,16,20)(H,17,19)/t9-,11?/m0/s1. The summed E-state index contributed by atoms with van der Waals surface area (Å²) in [5.74, 6) is -0.579. The quantitative estimate of drug-likeness (QED) is 0.766. The Morgan fingerprint density at radius 3 is 2.67 bits per heavy atom. The van der Waals surface area contributed by atoms with Gasteiger partial charge in [-0.05, 0) is 33.8 Å². The van der Waals surface area contributed by atoms with Gasteiger partial charge in [-0.2, -0.15) is 4.31 Å². The van der Waals surface area contributed by atoms with Gasteiger partial charge >= 0.3 is 6.09 Å². The van der Waals surface area contributed by atoms with Gasteiger partial charge in [0.25, 0.3) is 0 Å². The Morgan fingerprint density at radius 2 is 2.12 bits per heavy atom. The summed E-state index contributed by atoms with van der Waals surface area (Å²) in [7, 11) is -4.03. The van der Waals surface area contributed by atoms with E-state index in [2.05, 4.69) is 20.9 Å². The Labute approximate surface area is 149 Å². The zero-order valence-corrected chi connectivity index (χ0v) is 16.0. The maximum absolute atomic E-state index is 13.0. The predicted octanol–water partition coefficient (Wildman–Crippen LogP) is 1.82. The molecule has 0 bridgehead atoms. The average molecular weight is 422 g/mol. The number of aromatic nitrogens is 1. The SMILES string of the molecule is CC(C)(C)C1[C@@H](OC(N)=O)CCN1S(=O)(=O)c1cc(Br)cnc1O. The molecule has 1 aromatic rings. The molecule has 10 heteroatoms. The summed E-state index contributed by atoms with van der Waals surface area (Å²) in [4.78, 5) is 14.5. The first-order valence-corrected chi connectivity index (χ1v) is 9.50. The minimum absolute atomic E-state index is 0.147. The van der Waals surface area contributed by atoms with E-state index in [0.29, 0.717) is 10.9 Å². The van der Waals surface area contributed by atoms with Crippen molar-refractivity contribution in [3.8, 4) is 5.88 Å². The Morgan fingerprint density at radius 1 is 1.50 bits per heavy atom. The van der Waals surface area contributed by atoms with E-state index in [9.17, 15) is 18.3 Å². The lowest BCUT2D eigenvalue weighted by Gasteiger charge is -2.36. The molecule has 0 saturated carbocycles. The van der Waals surface area contributed by atoms with Crippen molar-refractivity contribution in [3.05, 3.63) is 16.7 Å². The molecule has 24 heavy (non-hydrogen) atoms. The van der Waals surface area contributed by atoms with Gasteiger partial charge in [-0.1, -0.05) is 20.8 Å². The number of nitrogens with zero attached hydrogens (tertiary/aromatic N) is 2. The number of amides is 1. The van der Waals surface area contributed by atoms with E-state index >= 15 is 0 Å². The molecule has 0 aromatic carbocycles. The van der Waals surface area contributed by atoms with Crippen LogP contribution >= 0.6 is 15.9 Å². The number of carbonyl (C=O) groups excluding carboxylic acids is 1. The topological polar surface area (TPSA) is 123 Å². The number of primary amides is 1. The minimum atomic E-state index is -4.03. The van der Waals surface area contributed by atoms with Crippen LogP contribution in [0.2, 0.25) is 0 Å². The van der Waals surface area contributed by atoms with Crippen LogP contribution in [0.1, 0.15) is 27.2 Å². The third-order valence-corrected chi connectivity index (χ3v) is 6.15. The molecule has 0 aliphatic carbocycles. The van der Waals surface area contributed by atoms with Gasteiger partial charge in [-0.25, -0.2) is 18.2 Å². The van der Waals surface area contributed by atoms with Crippen molar-refractivity contribution in [2.45, 2.75) is 44.2 Å². The normalized spacial score (nSPS) is 22.5. The largest absolute Gasteiger partial charge is 0.492 e. The first kappa shape index (κ1) is 18.9. The highest BCUT2D eigenvalue weighted by molar-refractivity contribution is 9.10. The molecule has 8 nitrogen and oxygen atoms in total. The predicted molar refractivity (Wildman–Crippen MR) is 89.8 cm³/mol. The van der Waals surface area contributed by atoms with Gasteiger partial charge in [0, 0.05) is 17.2 Å². The maximum Gasteiger partial charge on any atom is 0.404 e. The van der Waals surface area contributed by atoms with Crippen LogP contribution in [0.3, 0.4) is 0 Å². The summed E-state index contributed by atoms with van der Waals surface area (Å²) >= 11 is 3.15. The van der Waals surface area contributed by atoms with Crippen molar-refractivity contribution in [1.82, 2.24) is 9.29 Å². The van der Waals surface area contributed by atoms with Gasteiger partial charge in [0.05, 0.1) is 6.04 Å². The Balaban J connectivity index is 2.48. The second kappa shape index (κ2) is 6.49. The van der Waals surface area contributed by atoms with E-state index in [1.807, 2.05) is 20.8 Å². The van der Waals surface area contributed by atoms with Crippen LogP contribution in [-0.4, -0.2) is 47.6 Å². The molecule has 0 spiro atoms. The second-order valence-electron chi connectivity index (χ2n) is 6.67. The summed E-state index contributed by atoms with van der Waals surface area (Å²) in [5.41, 5.74) is 4.59. The Kier molecular flexibility index (Phi) is 5.12. The van der Waals surface area contributed by atoms with Crippen LogP contribution in [0, 0.1) is 5.41 Å². The number of carbonyl (C=O) groups is 1. The van der Waals surface area contributed by atoms with E-state index in [-0.39, 0.29) is 11.4 Å². The van der Waals surface area contributed by atoms with Gasteiger partial charge in [0.1, 0.15) is 11.0 Å². The second-order valence-corrected chi connectivity index (χ2v) is 9.44. The number of hydrogen-bond donors (Lipinski definition) is 2. The zero-order valence-electron chi connectivity index (χ0n) is 13.6. The average Bonchev–Trinajstić information content (AvgIpc) is 2.85. The lowest BCUT2D eigenvalue weighted by atomic mass is 9.84. The zero-order chi connectivity index (χ0) is 18.3. The molecular weight excluding hydrogens is 402 g/mol. The highest BCUT2D eigenvalue weighted by Crippen LogP contribution is 2.39. The molecule has 1 aromatic heterocycles. The molecule has 134 valence electrons. The maximum atomic E-state index is 13.0. The van der Waals surface area contributed by atoms with Crippen LogP contribution < -0.4 is 5.73 Å². The Bertz CT molecular complexity index is 747. The molecule has 1 amide bonds. The molecule has 2 rings (SSSR count). The van der Waals surface area contributed by atoms with E-state index < -0.39 is 39.6 Å². The van der Waals surface area contributed by atoms with Gasteiger partial charge in [-0.3, -0.25) is 0 Å².